The van der Waals surface area contributed by atoms with Crippen LogP contribution in [0.3, 0.4) is 0 Å². The highest BCUT2D eigenvalue weighted by atomic mass is 19.1. The minimum atomic E-state index is -0.220. The molecule has 0 atom stereocenters. The van der Waals surface area contributed by atoms with Crippen LogP contribution in [0.25, 0.3) is 10.9 Å². The molecule has 0 aliphatic carbocycles. The second-order valence-corrected chi connectivity index (χ2v) is 6.44. The number of H-pyrrole nitrogens is 1. The predicted octanol–water partition coefficient (Wildman–Crippen LogP) is 3.74. The van der Waals surface area contributed by atoms with E-state index < -0.39 is 0 Å². The first-order chi connectivity index (χ1) is 11.6. The van der Waals surface area contributed by atoms with Crippen LogP contribution in [0.5, 0.6) is 0 Å². The largest absolute Gasteiger partial charge is 0.357 e. The van der Waals surface area contributed by atoms with Gasteiger partial charge < -0.3 is 9.88 Å². The Hall–Kier alpha value is -2.62. The third kappa shape index (κ3) is 2.58. The average Bonchev–Trinajstić information content (AvgIpc) is 2.94. The predicted molar refractivity (Wildman–Crippen MR) is 92.3 cm³/mol. The second-order valence-electron chi connectivity index (χ2n) is 6.44. The summed E-state index contributed by atoms with van der Waals surface area (Å²) in [7, 11) is 0. The van der Waals surface area contributed by atoms with Crippen LogP contribution in [0.1, 0.15) is 22.4 Å². The molecule has 0 radical (unpaired) electrons. The Kier molecular flexibility index (Phi) is 3.60. The minimum absolute atomic E-state index is 0.139. The summed E-state index contributed by atoms with van der Waals surface area (Å²) in [5.74, 6) is -0.0813. The van der Waals surface area contributed by atoms with Crippen molar-refractivity contribution < 1.29 is 9.18 Å². The lowest BCUT2D eigenvalue weighted by atomic mass is 10.0. The SMILES string of the molecule is Cc1ccccc1CC(=O)N1CCc2c([nH]c3ccc(F)cc23)C1. The highest BCUT2D eigenvalue weighted by Crippen LogP contribution is 2.28. The van der Waals surface area contributed by atoms with E-state index >= 15 is 0 Å². The lowest BCUT2D eigenvalue weighted by molar-refractivity contribution is -0.131. The summed E-state index contributed by atoms with van der Waals surface area (Å²) >= 11 is 0. The first-order valence-electron chi connectivity index (χ1n) is 8.23. The number of nitrogens with zero attached hydrogens (tertiary/aromatic N) is 1. The first-order valence-corrected chi connectivity index (χ1v) is 8.23. The molecule has 1 aromatic heterocycles. The van der Waals surface area contributed by atoms with Crippen LogP contribution < -0.4 is 0 Å². The van der Waals surface area contributed by atoms with Gasteiger partial charge in [0.15, 0.2) is 0 Å². The van der Waals surface area contributed by atoms with E-state index in [4.69, 9.17) is 0 Å². The van der Waals surface area contributed by atoms with Crippen molar-refractivity contribution >= 4 is 16.8 Å². The molecule has 0 fully saturated rings. The molecule has 3 aromatic rings. The summed E-state index contributed by atoms with van der Waals surface area (Å²) in [6.45, 7) is 3.28. The number of aromatic amines is 1. The topological polar surface area (TPSA) is 36.1 Å². The number of nitrogens with one attached hydrogen (secondary N) is 1. The Balaban J connectivity index is 1.57. The van der Waals surface area contributed by atoms with Gasteiger partial charge in [0.05, 0.1) is 13.0 Å². The molecule has 122 valence electrons. The fourth-order valence-electron chi connectivity index (χ4n) is 3.51. The summed E-state index contributed by atoms with van der Waals surface area (Å²) in [5, 5.41) is 0.941. The van der Waals surface area contributed by atoms with Crippen LogP contribution in [-0.4, -0.2) is 22.3 Å². The molecule has 1 aliphatic rings. The van der Waals surface area contributed by atoms with Gasteiger partial charge in [-0.15, -0.1) is 0 Å². The zero-order chi connectivity index (χ0) is 16.7. The maximum Gasteiger partial charge on any atom is 0.227 e. The van der Waals surface area contributed by atoms with Crippen molar-refractivity contribution in [2.45, 2.75) is 26.3 Å². The van der Waals surface area contributed by atoms with Crippen molar-refractivity contribution in [3.05, 3.63) is 70.7 Å². The summed E-state index contributed by atoms with van der Waals surface area (Å²) in [6, 6.07) is 12.8. The fraction of sp³-hybridized carbons (Fsp3) is 0.250. The lowest BCUT2D eigenvalue weighted by Gasteiger charge is -2.27. The summed E-state index contributed by atoms with van der Waals surface area (Å²) in [6.07, 6.45) is 1.19. The number of carbonyl (C=O) groups excluding carboxylic acids is 1. The number of carbonyl (C=O) groups is 1. The van der Waals surface area contributed by atoms with Gasteiger partial charge in [0, 0.05) is 23.1 Å². The number of aromatic nitrogens is 1. The number of benzene rings is 2. The van der Waals surface area contributed by atoms with E-state index in [9.17, 15) is 9.18 Å². The van der Waals surface area contributed by atoms with Crippen LogP contribution in [0.15, 0.2) is 42.5 Å². The van der Waals surface area contributed by atoms with Gasteiger partial charge in [-0.1, -0.05) is 24.3 Å². The highest BCUT2D eigenvalue weighted by molar-refractivity contribution is 5.86. The van der Waals surface area contributed by atoms with Gasteiger partial charge in [-0.2, -0.15) is 0 Å². The van der Waals surface area contributed by atoms with Crippen LogP contribution in [0.2, 0.25) is 0 Å². The Labute approximate surface area is 140 Å². The Morgan fingerprint density at radius 2 is 2.08 bits per heavy atom. The van der Waals surface area contributed by atoms with E-state index in [2.05, 4.69) is 4.98 Å². The maximum atomic E-state index is 13.5. The molecule has 0 spiro atoms. The monoisotopic (exact) mass is 322 g/mol. The molecule has 0 saturated carbocycles. The quantitative estimate of drug-likeness (QED) is 0.766. The number of hydrogen-bond acceptors (Lipinski definition) is 1. The smallest absolute Gasteiger partial charge is 0.227 e. The van der Waals surface area contributed by atoms with Crippen LogP contribution >= 0.6 is 0 Å². The van der Waals surface area contributed by atoms with Crippen LogP contribution in [0, 0.1) is 12.7 Å². The molecule has 2 heterocycles. The van der Waals surface area contributed by atoms with Gasteiger partial charge in [-0.05, 0) is 48.2 Å². The van der Waals surface area contributed by atoms with Crippen molar-refractivity contribution in [3.63, 3.8) is 0 Å². The molecule has 0 saturated heterocycles. The molecule has 2 aromatic carbocycles. The van der Waals surface area contributed by atoms with Crippen LogP contribution in [-0.2, 0) is 24.2 Å². The third-order valence-corrected chi connectivity index (χ3v) is 4.89. The van der Waals surface area contributed by atoms with Gasteiger partial charge in [-0.25, -0.2) is 4.39 Å². The molecule has 1 N–H and O–H groups in total. The summed E-state index contributed by atoms with van der Waals surface area (Å²) in [5.41, 5.74) is 5.33. The third-order valence-electron chi connectivity index (χ3n) is 4.89. The van der Waals surface area contributed by atoms with E-state index in [1.54, 1.807) is 12.1 Å². The van der Waals surface area contributed by atoms with E-state index in [-0.39, 0.29) is 11.7 Å². The van der Waals surface area contributed by atoms with Crippen molar-refractivity contribution in [2.24, 2.45) is 0 Å². The Morgan fingerprint density at radius 1 is 1.25 bits per heavy atom. The van der Waals surface area contributed by atoms with E-state index in [0.29, 0.717) is 19.5 Å². The summed E-state index contributed by atoms with van der Waals surface area (Å²) < 4.78 is 13.5. The zero-order valence-corrected chi connectivity index (χ0v) is 13.6. The maximum absolute atomic E-state index is 13.5. The Morgan fingerprint density at radius 3 is 2.92 bits per heavy atom. The molecule has 4 heteroatoms. The molecular weight excluding hydrogens is 303 g/mol. The van der Waals surface area contributed by atoms with Gasteiger partial charge in [-0.3, -0.25) is 4.79 Å². The van der Waals surface area contributed by atoms with Gasteiger partial charge in [0.1, 0.15) is 5.82 Å². The van der Waals surface area contributed by atoms with E-state index in [1.807, 2.05) is 36.1 Å². The molecule has 4 rings (SSSR count). The number of amides is 1. The average molecular weight is 322 g/mol. The van der Waals surface area contributed by atoms with Crippen molar-refractivity contribution in [1.82, 2.24) is 9.88 Å². The number of hydrogen-bond donors (Lipinski definition) is 1. The molecular formula is C20H19FN2O. The number of fused-ring (bicyclic) bond motifs is 3. The van der Waals surface area contributed by atoms with Gasteiger partial charge in [0.2, 0.25) is 5.91 Å². The van der Waals surface area contributed by atoms with E-state index in [1.165, 1.54) is 6.07 Å². The summed E-state index contributed by atoms with van der Waals surface area (Å²) in [4.78, 5) is 17.9. The van der Waals surface area contributed by atoms with Crippen LogP contribution in [0.4, 0.5) is 4.39 Å². The van der Waals surface area contributed by atoms with Crippen molar-refractivity contribution in [3.8, 4) is 0 Å². The van der Waals surface area contributed by atoms with Crippen molar-refractivity contribution in [1.29, 1.82) is 0 Å². The van der Waals surface area contributed by atoms with Gasteiger partial charge in [0.25, 0.3) is 0 Å². The molecule has 0 bridgehead atoms. The van der Waals surface area contributed by atoms with Gasteiger partial charge >= 0.3 is 0 Å². The standard InChI is InChI=1S/C20H19FN2O/c1-13-4-2-3-5-14(13)10-20(24)23-9-8-16-17-11-15(21)6-7-18(17)22-19(16)12-23/h2-7,11,22H,8-10,12H2,1H3. The molecule has 0 unspecified atom stereocenters. The number of rotatable bonds is 2. The van der Waals surface area contributed by atoms with E-state index in [0.717, 1.165) is 39.7 Å². The normalized spacial score (nSPS) is 14.0. The number of aryl methyl sites for hydroxylation is 1. The van der Waals surface area contributed by atoms with Crippen molar-refractivity contribution in [2.75, 3.05) is 6.54 Å². The highest BCUT2D eigenvalue weighted by Gasteiger charge is 2.24. The lowest BCUT2D eigenvalue weighted by Crippen LogP contribution is -2.36. The number of halogens is 1. The molecule has 3 nitrogen and oxygen atoms in total. The fourth-order valence-corrected chi connectivity index (χ4v) is 3.51. The zero-order valence-electron chi connectivity index (χ0n) is 13.6. The molecule has 24 heavy (non-hydrogen) atoms. The molecule has 1 amide bonds. The first kappa shape index (κ1) is 14.9. The second kappa shape index (κ2) is 5.78. The minimum Gasteiger partial charge on any atom is -0.357 e. The molecule has 1 aliphatic heterocycles. The Bertz CT molecular complexity index is 929.